The first-order valence-corrected chi connectivity index (χ1v) is 5.81. The smallest absolute Gasteiger partial charge is 0.321 e. The highest BCUT2D eigenvalue weighted by atomic mass is 16.5. The number of pyridine rings is 1. The summed E-state index contributed by atoms with van der Waals surface area (Å²) in [6.07, 6.45) is 1.66. The Balaban J connectivity index is 2.42. The van der Waals surface area contributed by atoms with Gasteiger partial charge in [-0.25, -0.2) is 9.78 Å². The molecule has 3 N–H and O–H groups in total. The molecule has 3 amide bonds. The van der Waals surface area contributed by atoms with Crippen molar-refractivity contribution in [1.29, 1.82) is 0 Å². The van der Waals surface area contributed by atoms with Gasteiger partial charge in [0.2, 0.25) is 11.8 Å². The molecule has 19 heavy (non-hydrogen) atoms. The number of carbonyl (C=O) groups excluding carboxylic acids is 2. The molecule has 0 aliphatic rings. The summed E-state index contributed by atoms with van der Waals surface area (Å²) in [5, 5.41) is 7.50. The second-order valence-electron chi connectivity index (χ2n) is 3.88. The molecule has 1 rings (SSSR count). The quantitative estimate of drug-likeness (QED) is 0.699. The number of methoxy groups -OCH3 is 1. The van der Waals surface area contributed by atoms with Crippen LogP contribution in [-0.2, 0) is 11.3 Å². The van der Waals surface area contributed by atoms with Crippen LogP contribution in [0.1, 0.15) is 12.5 Å². The van der Waals surface area contributed by atoms with Crippen LogP contribution >= 0.6 is 0 Å². The second kappa shape index (κ2) is 7.32. The first-order valence-electron chi connectivity index (χ1n) is 5.81. The van der Waals surface area contributed by atoms with Gasteiger partial charge in [0.05, 0.1) is 13.2 Å². The maximum atomic E-state index is 11.6. The van der Waals surface area contributed by atoms with Gasteiger partial charge in [0.15, 0.2) is 0 Å². The van der Waals surface area contributed by atoms with Gasteiger partial charge in [0.25, 0.3) is 0 Å². The molecule has 0 spiro atoms. The van der Waals surface area contributed by atoms with E-state index in [0.717, 1.165) is 5.56 Å². The average Bonchev–Trinajstić information content (AvgIpc) is 2.44. The first-order chi connectivity index (χ1) is 9.06. The van der Waals surface area contributed by atoms with E-state index in [4.69, 9.17) is 4.74 Å². The Kier molecular flexibility index (Phi) is 5.74. The van der Waals surface area contributed by atoms with E-state index in [1.165, 1.54) is 7.05 Å². The highest BCUT2D eigenvalue weighted by Crippen LogP contribution is 2.06. The zero-order valence-corrected chi connectivity index (χ0v) is 11.2. The number of nitrogens with one attached hydrogen (secondary N) is 3. The summed E-state index contributed by atoms with van der Waals surface area (Å²) < 4.78 is 4.95. The van der Waals surface area contributed by atoms with Crippen molar-refractivity contribution >= 4 is 11.9 Å². The number of nitrogens with zero attached hydrogens (tertiary/aromatic N) is 1. The van der Waals surface area contributed by atoms with Crippen molar-refractivity contribution < 1.29 is 14.3 Å². The zero-order valence-electron chi connectivity index (χ0n) is 11.2. The third-order valence-electron chi connectivity index (χ3n) is 2.48. The Labute approximate surface area is 111 Å². The van der Waals surface area contributed by atoms with Crippen LogP contribution in [0.15, 0.2) is 18.3 Å². The molecule has 0 aromatic carbocycles. The SMILES string of the molecule is CNC(=O)NC(=O)C(C)NCc1ccc(OC)nc1. The summed E-state index contributed by atoms with van der Waals surface area (Å²) in [4.78, 5) is 26.6. The van der Waals surface area contributed by atoms with E-state index in [0.29, 0.717) is 12.4 Å². The molecular weight excluding hydrogens is 248 g/mol. The molecule has 0 aliphatic carbocycles. The number of ether oxygens (including phenoxy) is 1. The molecular formula is C12H18N4O3. The summed E-state index contributed by atoms with van der Waals surface area (Å²) in [7, 11) is 3.00. The van der Waals surface area contributed by atoms with Gasteiger partial charge in [-0.1, -0.05) is 6.07 Å². The van der Waals surface area contributed by atoms with Gasteiger partial charge >= 0.3 is 6.03 Å². The number of amides is 3. The van der Waals surface area contributed by atoms with Gasteiger partial charge in [-0.15, -0.1) is 0 Å². The van der Waals surface area contributed by atoms with Gasteiger partial charge in [0.1, 0.15) is 0 Å². The molecule has 0 saturated heterocycles. The Bertz CT molecular complexity index is 433. The molecule has 104 valence electrons. The molecule has 7 nitrogen and oxygen atoms in total. The molecule has 1 atom stereocenters. The molecule has 1 aromatic rings. The number of imide groups is 1. The Hall–Kier alpha value is -2.15. The molecule has 0 bridgehead atoms. The largest absolute Gasteiger partial charge is 0.481 e. The van der Waals surface area contributed by atoms with Crippen LogP contribution in [0.5, 0.6) is 5.88 Å². The van der Waals surface area contributed by atoms with E-state index in [-0.39, 0.29) is 5.91 Å². The molecule has 7 heteroatoms. The van der Waals surface area contributed by atoms with E-state index < -0.39 is 12.1 Å². The number of urea groups is 1. The van der Waals surface area contributed by atoms with Crippen molar-refractivity contribution in [1.82, 2.24) is 20.9 Å². The lowest BCUT2D eigenvalue weighted by molar-refractivity contribution is -0.121. The molecule has 0 fully saturated rings. The number of aromatic nitrogens is 1. The molecule has 0 radical (unpaired) electrons. The zero-order chi connectivity index (χ0) is 14.3. The summed E-state index contributed by atoms with van der Waals surface area (Å²) in [6.45, 7) is 2.15. The summed E-state index contributed by atoms with van der Waals surface area (Å²) >= 11 is 0. The van der Waals surface area contributed by atoms with Crippen LogP contribution in [0.2, 0.25) is 0 Å². The monoisotopic (exact) mass is 266 g/mol. The predicted molar refractivity (Wildman–Crippen MR) is 69.7 cm³/mol. The highest BCUT2D eigenvalue weighted by molar-refractivity contribution is 5.96. The number of rotatable bonds is 5. The van der Waals surface area contributed by atoms with E-state index in [1.54, 1.807) is 26.3 Å². The van der Waals surface area contributed by atoms with Crippen LogP contribution in [-0.4, -0.2) is 37.1 Å². The Morgan fingerprint density at radius 2 is 2.16 bits per heavy atom. The molecule has 0 saturated carbocycles. The topological polar surface area (TPSA) is 92.4 Å². The lowest BCUT2D eigenvalue weighted by Crippen LogP contribution is -2.47. The van der Waals surface area contributed by atoms with Crippen LogP contribution in [0.4, 0.5) is 4.79 Å². The molecule has 0 aliphatic heterocycles. The van der Waals surface area contributed by atoms with E-state index in [1.807, 2.05) is 6.07 Å². The van der Waals surface area contributed by atoms with E-state index in [2.05, 4.69) is 20.9 Å². The minimum atomic E-state index is -0.523. The minimum absolute atomic E-state index is 0.388. The summed E-state index contributed by atoms with van der Waals surface area (Å²) in [6, 6.07) is 2.58. The Morgan fingerprint density at radius 3 is 2.68 bits per heavy atom. The normalized spacial score (nSPS) is 11.5. The van der Waals surface area contributed by atoms with Gasteiger partial charge in [0, 0.05) is 25.9 Å². The predicted octanol–water partition coefficient (Wildman–Crippen LogP) is 0.0239. The van der Waals surface area contributed by atoms with E-state index >= 15 is 0 Å². The summed E-state index contributed by atoms with van der Waals surface area (Å²) in [5.74, 6) is 0.148. The van der Waals surface area contributed by atoms with Gasteiger partial charge in [-0.2, -0.15) is 0 Å². The van der Waals surface area contributed by atoms with Crippen LogP contribution < -0.4 is 20.7 Å². The third-order valence-corrected chi connectivity index (χ3v) is 2.48. The van der Waals surface area contributed by atoms with Crippen LogP contribution in [0, 0.1) is 0 Å². The van der Waals surface area contributed by atoms with Crippen molar-refractivity contribution in [2.24, 2.45) is 0 Å². The maximum Gasteiger partial charge on any atom is 0.321 e. The third kappa shape index (κ3) is 4.92. The van der Waals surface area contributed by atoms with Crippen molar-refractivity contribution in [3.05, 3.63) is 23.9 Å². The van der Waals surface area contributed by atoms with Gasteiger partial charge in [-0.3, -0.25) is 10.1 Å². The number of hydrogen-bond acceptors (Lipinski definition) is 5. The number of carbonyl (C=O) groups is 2. The Morgan fingerprint density at radius 1 is 1.42 bits per heavy atom. The van der Waals surface area contributed by atoms with Crippen LogP contribution in [0.3, 0.4) is 0 Å². The van der Waals surface area contributed by atoms with Crippen molar-refractivity contribution in [2.75, 3.05) is 14.2 Å². The minimum Gasteiger partial charge on any atom is -0.481 e. The van der Waals surface area contributed by atoms with Crippen molar-refractivity contribution in [3.8, 4) is 5.88 Å². The first kappa shape index (κ1) is 14.9. The fourth-order valence-corrected chi connectivity index (χ4v) is 1.28. The average molecular weight is 266 g/mol. The second-order valence-corrected chi connectivity index (χ2v) is 3.88. The van der Waals surface area contributed by atoms with Gasteiger partial charge < -0.3 is 15.4 Å². The van der Waals surface area contributed by atoms with Crippen LogP contribution in [0.25, 0.3) is 0 Å². The van der Waals surface area contributed by atoms with Crippen molar-refractivity contribution in [2.45, 2.75) is 19.5 Å². The maximum absolute atomic E-state index is 11.6. The molecule has 1 aromatic heterocycles. The van der Waals surface area contributed by atoms with Crippen molar-refractivity contribution in [3.63, 3.8) is 0 Å². The fraction of sp³-hybridized carbons (Fsp3) is 0.417. The lowest BCUT2D eigenvalue weighted by Gasteiger charge is -2.13. The molecule has 1 heterocycles. The fourth-order valence-electron chi connectivity index (χ4n) is 1.28. The highest BCUT2D eigenvalue weighted by Gasteiger charge is 2.14. The molecule has 1 unspecified atom stereocenters. The standard InChI is InChI=1S/C12H18N4O3/c1-8(11(17)16-12(18)13-2)14-6-9-4-5-10(19-3)15-7-9/h4-5,7-8,14H,6H2,1-3H3,(H2,13,16,17,18). The van der Waals surface area contributed by atoms with Gasteiger partial charge in [-0.05, 0) is 12.5 Å². The summed E-state index contributed by atoms with van der Waals surface area (Å²) in [5.41, 5.74) is 0.917. The van der Waals surface area contributed by atoms with E-state index in [9.17, 15) is 9.59 Å². The number of hydrogen-bond donors (Lipinski definition) is 3. The lowest BCUT2D eigenvalue weighted by atomic mass is 10.2.